The summed E-state index contributed by atoms with van der Waals surface area (Å²) in [6.07, 6.45) is 3.22. The van der Waals surface area contributed by atoms with Gasteiger partial charge in [0.1, 0.15) is 0 Å². The molecule has 2 saturated heterocycles. The summed E-state index contributed by atoms with van der Waals surface area (Å²) in [6, 6.07) is 7.50. The Kier molecular flexibility index (Phi) is 5.77. The molecule has 0 spiro atoms. The first-order chi connectivity index (χ1) is 13.6. The van der Waals surface area contributed by atoms with E-state index in [9.17, 15) is 9.59 Å². The van der Waals surface area contributed by atoms with Gasteiger partial charge in [0, 0.05) is 37.6 Å². The molecule has 0 aliphatic carbocycles. The normalized spacial score (nSPS) is 19.9. The van der Waals surface area contributed by atoms with Gasteiger partial charge in [0.2, 0.25) is 22.1 Å². The molecule has 0 bridgehead atoms. The van der Waals surface area contributed by atoms with Crippen LogP contribution in [0.25, 0.3) is 0 Å². The van der Waals surface area contributed by atoms with Gasteiger partial charge in [-0.2, -0.15) is 0 Å². The monoisotopic (exact) mass is 419 g/mol. The van der Waals surface area contributed by atoms with Crippen LogP contribution in [0, 0.1) is 5.92 Å². The fourth-order valence-electron chi connectivity index (χ4n) is 3.64. The fraction of sp³-hybridized carbons (Fsp3) is 0.474. The molecular weight excluding hydrogens is 398 g/mol. The van der Waals surface area contributed by atoms with Crippen molar-refractivity contribution in [2.75, 3.05) is 29.4 Å². The lowest BCUT2D eigenvalue weighted by Gasteiger charge is -2.31. The van der Waals surface area contributed by atoms with Crippen LogP contribution in [0.15, 0.2) is 24.3 Å². The number of rotatable bonds is 5. The van der Waals surface area contributed by atoms with E-state index < -0.39 is 0 Å². The molecule has 9 heteroatoms. The lowest BCUT2D eigenvalue weighted by molar-refractivity contribution is -0.125. The molecule has 0 saturated carbocycles. The molecule has 7 nitrogen and oxygen atoms in total. The molecule has 2 fully saturated rings. The van der Waals surface area contributed by atoms with Crippen LogP contribution < -0.4 is 15.1 Å². The zero-order chi connectivity index (χ0) is 19.5. The van der Waals surface area contributed by atoms with E-state index in [2.05, 4.69) is 20.4 Å². The second kappa shape index (κ2) is 8.45. The van der Waals surface area contributed by atoms with Gasteiger partial charge in [0.25, 0.3) is 0 Å². The summed E-state index contributed by atoms with van der Waals surface area (Å²) in [7, 11) is 0. The number of hydrogen-bond donors (Lipinski definition) is 1. The van der Waals surface area contributed by atoms with Crippen LogP contribution in [0.4, 0.5) is 10.3 Å². The summed E-state index contributed by atoms with van der Waals surface area (Å²) in [5.74, 6) is 0.0671. The number of hydrogen-bond acceptors (Lipinski definition) is 6. The SMILES string of the molecule is O=C(NCc1cccc(Cl)c1)C1CCCN(c2nnc(N3CCCC3=O)s2)C1. The molecule has 2 aromatic rings. The second-order valence-corrected chi connectivity index (χ2v) is 8.52. The first kappa shape index (κ1) is 19.1. The number of piperidine rings is 1. The number of benzene rings is 1. The third-order valence-corrected chi connectivity index (χ3v) is 6.37. The van der Waals surface area contributed by atoms with Crippen LogP contribution in [0.3, 0.4) is 0 Å². The van der Waals surface area contributed by atoms with Crippen LogP contribution in [0.5, 0.6) is 0 Å². The van der Waals surface area contributed by atoms with E-state index in [0.717, 1.165) is 36.5 Å². The highest BCUT2D eigenvalue weighted by Crippen LogP contribution is 2.32. The highest BCUT2D eigenvalue weighted by molar-refractivity contribution is 7.19. The number of nitrogens with one attached hydrogen (secondary N) is 1. The summed E-state index contributed by atoms with van der Waals surface area (Å²) >= 11 is 7.43. The molecule has 1 aromatic heterocycles. The van der Waals surface area contributed by atoms with Gasteiger partial charge in [-0.1, -0.05) is 35.1 Å². The maximum absolute atomic E-state index is 12.6. The Bertz CT molecular complexity index is 874. The smallest absolute Gasteiger partial charge is 0.228 e. The van der Waals surface area contributed by atoms with Crippen molar-refractivity contribution >= 4 is 45.0 Å². The van der Waals surface area contributed by atoms with Crippen molar-refractivity contribution in [1.29, 1.82) is 0 Å². The van der Waals surface area contributed by atoms with Gasteiger partial charge in [-0.15, -0.1) is 10.2 Å². The molecule has 1 N–H and O–H groups in total. The standard InChI is InChI=1S/C19H22ClN5O2S/c20-15-6-1-4-13(10-15)11-21-17(27)14-5-2-8-24(12-14)18-22-23-19(28-18)25-9-3-7-16(25)26/h1,4,6,10,14H,2-3,5,7-9,11-12H2,(H,21,27). The van der Waals surface area contributed by atoms with Gasteiger partial charge in [-0.3, -0.25) is 14.5 Å². The summed E-state index contributed by atoms with van der Waals surface area (Å²) in [4.78, 5) is 28.4. The minimum atomic E-state index is -0.0892. The van der Waals surface area contributed by atoms with Gasteiger partial charge < -0.3 is 10.2 Å². The van der Waals surface area contributed by atoms with Crippen molar-refractivity contribution in [1.82, 2.24) is 15.5 Å². The topological polar surface area (TPSA) is 78.4 Å². The number of halogens is 1. The van der Waals surface area contributed by atoms with Gasteiger partial charge in [-0.25, -0.2) is 0 Å². The predicted molar refractivity (Wildman–Crippen MR) is 110 cm³/mol. The molecule has 2 aliphatic rings. The van der Waals surface area contributed by atoms with Crippen LogP contribution in [-0.2, 0) is 16.1 Å². The molecule has 4 rings (SSSR count). The van der Waals surface area contributed by atoms with E-state index in [1.54, 1.807) is 4.90 Å². The van der Waals surface area contributed by atoms with Crippen LogP contribution in [0.2, 0.25) is 5.02 Å². The Hall–Kier alpha value is -2.19. The van der Waals surface area contributed by atoms with Crippen molar-refractivity contribution in [2.24, 2.45) is 5.92 Å². The van der Waals surface area contributed by atoms with Crippen molar-refractivity contribution in [3.63, 3.8) is 0 Å². The Morgan fingerprint density at radius 1 is 1.25 bits per heavy atom. The predicted octanol–water partition coefficient (Wildman–Crippen LogP) is 2.85. The lowest BCUT2D eigenvalue weighted by atomic mass is 9.97. The highest BCUT2D eigenvalue weighted by atomic mass is 35.5. The molecule has 148 valence electrons. The Labute approximate surface area is 172 Å². The van der Waals surface area contributed by atoms with Crippen molar-refractivity contribution in [3.05, 3.63) is 34.9 Å². The summed E-state index contributed by atoms with van der Waals surface area (Å²) in [5, 5.41) is 13.6. The first-order valence-corrected chi connectivity index (χ1v) is 10.7. The third kappa shape index (κ3) is 4.28. The zero-order valence-electron chi connectivity index (χ0n) is 15.4. The average molecular weight is 420 g/mol. The number of carbonyl (C=O) groups excluding carboxylic acids is 2. The minimum absolute atomic E-state index is 0.0455. The van der Waals surface area contributed by atoms with E-state index in [1.807, 2.05) is 24.3 Å². The number of nitrogens with zero attached hydrogens (tertiary/aromatic N) is 4. The van der Waals surface area contributed by atoms with Crippen molar-refractivity contribution in [3.8, 4) is 0 Å². The summed E-state index contributed by atoms with van der Waals surface area (Å²) < 4.78 is 0. The molecule has 1 aromatic carbocycles. The van der Waals surface area contributed by atoms with Crippen LogP contribution in [-0.4, -0.2) is 41.6 Å². The van der Waals surface area contributed by atoms with Gasteiger partial charge in [0.15, 0.2) is 0 Å². The molecule has 28 heavy (non-hydrogen) atoms. The number of amides is 2. The van der Waals surface area contributed by atoms with Gasteiger partial charge in [0.05, 0.1) is 5.92 Å². The molecular formula is C19H22ClN5O2S. The minimum Gasteiger partial charge on any atom is -0.352 e. The number of aromatic nitrogens is 2. The average Bonchev–Trinajstić information content (AvgIpc) is 3.35. The molecule has 0 radical (unpaired) electrons. The molecule has 1 atom stereocenters. The maximum atomic E-state index is 12.6. The van der Waals surface area contributed by atoms with Crippen LogP contribution >= 0.6 is 22.9 Å². The highest BCUT2D eigenvalue weighted by Gasteiger charge is 2.29. The second-order valence-electron chi connectivity index (χ2n) is 7.15. The Balaban J connectivity index is 1.35. The maximum Gasteiger partial charge on any atom is 0.228 e. The van der Waals surface area contributed by atoms with Crippen molar-refractivity contribution < 1.29 is 9.59 Å². The third-order valence-electron chi connectivity index (χ3n) is 5.13. The van der Waals surface area contributed by atoms with E-state index in [1.165, 1.54) is 11.3 Å². The molecule has 3 heterocycles. The fourth-order valence-corrected chi connectivity index (χ4v) is 4.78. The Morgan fingerprint density at radius 3 is 2.89 bits per heavy atom. The summed E-state index contributed by atoms with van der Waals surface area (Å²) in [6.45, 7) is 2.64. The zero-order valence-corrected chi connectivity index (χ0v) is 17.0. The quantitative estimate of drug-likeness (QED) is 0.806. The van der Waals surface area contributed by atoms with E-state index in [0.29, 0.717) is 36.2 Å². The van der Waals surface area contributed by atoms with Crippen molar-refractivity contribution in [2.45, 2.75) is 32.2 Å². The van der Waals surface area contributed by atoms with Crippen LogP contribution in [0.1, 0.15) is 31.2 Å². The van der Waals surface area contributed by atoms with E-state index in [4.69, 9.17) is 11.6 Å². The summed E-state index contributed by atoms with van der Waals surface area (Å²) in [5.41, 5.74) is 0.984. The number of anilines is 2. The van der Waals surface area contributed by atoms with Gasteiger partial charge in [-0.05, 0) is 37.0 Å². The molecule has 2 amide bonds. The van der Waals surface area contributed by atoms with Gasteiger partial charge >= 0.3 is 0 Å². The lowest BCUT2D eigenvalue weighted by Crippen LogP contribution is -2.43. The largest absolute Gasteiger partial charge is 0.352 e. The van der Waals surface area contributed by atoms with E-state index >= 15 is 0 Å². The number of carbonyl (C=O) groups is 2. The van der Waals surface area contributed by atoms with E-state index in [-0.39, 0.29) is 17.7 Å². The Morgan fingerprint density at radius 2 is 2.11 bits per heavy atom. The molecule has 1 unspecified atom stereocenters. The first-order valence-electron chi connectivity index (χ1n) is 9.51. The molecule has 2 aliphatic heterocycles.